The summed E-state index contributed by atoms with van der Waals surface area (Å²) in [5.41, 5.74) is 1.34. The second kappa shape index (κ2) is 6.62. The molecule has 0 aromatic heterocycles. The molecule has 19 heavy (non-hydrogen) atoms. The zero-order chi connectivity index (χ0) is 14.6. The Morgan fingerprint density at radius 3 is 2.16 bits per heavy atom. The van der Waals surface area contributed by atoms with Gasteiger partial charge in [0.25, 0.3) is 0 Å². The van der Waals surface area contributed by atoms with Gasteiger partial charge in [0.15, 0.2) is 11.5 Å². The third-order valence-electron chi connectivity index (χ3n) is 3.80. The summed E-state index contributed by atoms with van der Waals surface area (Å²) in [6.07, 6.45) is 1.08. The lowest BCUT2D eigenvalue weighted by Crippen LogP contribution is -2.31. The van der Waals surface area contributed by atoms with E-state index in [1.165, 1.54) is 5.56 Å². The highest BCUT2D eigenvalue weighted by molar-refractivity contribution is 9.10. The van der Waals surface area contributed by atoms with Crippen molar-refractivity contribution < 1.29 is 9.47 Å². The van der Waals surface area contributed by atoms with E-state index in [1.807, 2.05) is 19.2 Å². The maximum absolute atomic E-state index is 5.40. The number of benzene rings is 1. The van der Waals surface area contributed by atoms with Gasteiger partial charge in [-0.2, -0.15) is 0 Å². The molecule has 0 aliphatic carbocycles. The van der Waals surface area contributed by atoms with Crippen molar-refractivity contribution in [1.82, 2.24) is 5.32 Å². The maximum atomic E-state index is 5.40. The number of hydrogen-bond acceptors (Lipinski definition) is 3. The molecule has 0 fully saturated rings. The number of rotatable bonds is 6. The number of ether oxygens (including phenoxy) is 2. The number of halogens is 1. The van der Waals surface area contributed by atoms with Gasteiger partial charge >= 0.3 is 0 Å². The van der Waals surface area contributed by atoms with Crippen molar-refractivity contribution in [3.8, 4) is 11.5 Å². The van der Waals surface area contributed by atoms with Crippen molar-refractivity contribution in [2.45, 2.75) is 33.2 Å². The van der Waals surface area contributed by atoms with Crippen LogP contribution in [0.1, 0.15) is 38.8 Å². The average molecular weight is 330 g/mol. The molecule has 0 saturated carbocycles. The first-order chi connectivity index (χ1) is 8.91. The molecule has 108 valence electrons. The second-order valence-corrected chi connectivity index (χ2v) is 6.15. The van der Waals surface area contributed by atoms with E-state index in [2.05, 4.69) is 42.0 Å². The van der Waals surface area contributed by atoms with Crippen molar-refractivity contribution >= 4 is 15.9 Å². The van der Waals surface area contributed by atoms with Gasteiger partial charge in [-0.3, -0.25) is 0 Å². The summed E-state index contributed by atoms with van der Waals surface area (Å²) in [5, 5.41) is 3.41. The molecule has 4 heteroatoms. The van der Waals surface area contributed by atoms with Crippen LogP contribution < -0.4 is 14.8 Å². The van der Waals surface area contributed by atoms with E-state index < -0.39 is 0 Å². The molecule has 1 aromatic rings. The van der Waals surface area contributed by atoms with E-state index in [9.17, 15) is 0 Å². The zero-order valence-electron chi connectivity index (χ0n) is 12.6. The third kappa shape index (κ3) is 3.42. The van der Waals surface area contributed by atoms with Gasteiger partial charge in [0.2, 0.25) is 0 Å². The smallest absolute Gasteiger partial charge is 0.161 e. The van der Waals surface area contributed by atoms with Gasteiger partial charge in [-0.25, -0.2) is 0 Å². The van der Waals surface area contributed by atoms with Gasteiger partial charge in [-0.1, -0.05) is 36.7 Å². The molecule has 1 aromatic carbocycles. The van der Waals surface area contributed by atoms with E-state index in [-0.39, 0.29) is 11.5 Å². The fraction of sp³-hybridized carbons (Fsp3) is 0.600. The van der Waals surface area contributed by atoms with E-state index in [0.717, 1.165) is 22.4 Å². The van der Waals surface area contributed by atoms with Gasteiger partial charge in [-0.05, 0) is 36.6 Å². The molecule has 3 nitrogen and oxygen atoms in total. The highest BCUT2D eigenvalue weighted by Crippen LogP contribution is 2.43. The summed E-state index contributed by atoms with van der Waals surface area (Å²) in [5.74, 6) is 1.50. The summed E-state index contributed by atoms with van der Waals surface area (Å²) >= 11 is 3.64. The fourth-order valence-corrected chi connectivity index (χ4v) is 2.81. The minimum Gasteiger partial charge on any atom is -0.493 e. The summed E-state index contributed by atoms with van der Waals surface area (Å²) in [6.45, 7) is 6.73. The van der Waals surface area contributed by atoms with Crippen molar-refractivity contribution in [2.75, 3.05) is 21.3 Å². The summed E-state index contributed by atoms with van der Waals surface area (Å²) in [6, 6.07) is 4.25. The predicted molar refractivity (Wildman–Crippen MR) is 83.1 cm³/mol. The van der Waals surface area contributed by atoms with E-state index in [1.54, 1.807) is 14.2 Å². The molecule has 0 aliphatic rings. The quantitative estimate of drug-likeness (QED) is 0.849. The Labute approximate surface area is 124 Å². The Bertz CT molecular complexity index is 432. The highest BCUT2D eigenvalue weighted by atomic mass is 79.9. The minimum absolute atomic E-state index is 0.150. The van der Waals surface area contributed by atoms with E-state index in [0.29, 0.717) is 0 Å². The summed E-state index contributed by atoms with van der Waals surface area (Å²) in [7, 11) is 5.30. The average Bonchev–Trinajstić information content (AvgIpc) is 2.40. The van der Waals surface area contributed by atoms with Crippen LogP contribution >= 0.6 is 15.9 Å². The highest BCUT2D eigenvalue weighted by Gasteiger charge is 2.30. The maximum Gasteiger partial charge on any atom is 0.161 e. The van der Waals surface area contributed by atoms with Crippen LogP contribution in [0.3, 0.4) is 0 Å². The van der Waals surface area contributed by atoms with Gasteiger partial charge in [0, 0.05) is 10.5 Å². The molecule has 0 bridgehead atoms. The Kier molecular flexibility index (Phi) is 5.68. The monoisotopic (exact) mass is 329 g/mol. The van der Waals surface area contributed by atoms with Crippen LogP contribution in [-0.4, -0.2) is 21.3 Å². The zero-order valence-corrected chi connectivity index (χ0v) is 14.2. The first kappa shape index (κ1) is 16.3. The molecule has 0 aliphatic heterocycles. The van der Waals surface area contributed by atoms with Crippen LogP contribution in [0.5, 0.6) is 11.5 Å². The van der Waals surface area contributed by atoms with E-state index in [4.69, 9.17) is 9.47 Å². The number of hydrogen-bond donors (Lipinski definition) is 1. The number of nitrogens with one attached hydrogen (secondary N) is 1. The fourth-order valence-electron chi connectivity index (χ4n) is 2.26. The number of methoxy groups -OCH3 is 2. The minimum atomic E-state index is 0.150. The summed E-state index contributed by atoms with van der Waals surface area (Å²) in [4.78, 5) is 0. The molecule has 1 N–H and O–H groups in total. The molecule has 0 spiro atoms. The molecule has 0 radical (unpaired) electrons. The van der Waals surface area contributed by atoms with E-state index >= 15 is 0 Å². The van der Waals surface area contributed by atoms with Gasteiger partial charge in [0.05, 0.1) is 14.2 Å². The van der Waals surface area contributed by atoms with Crippen LogP contribution in [0.25, 0.3) is 0 Å². The van der Waals surface area contributed by atoms with Crippen LogP contribution in [0.15, 0.2) is 16.6 Å². The lowest BCUT2D eigenvalue weighted by molar-refractivity contribution is 0.243. The third-order valence-corrected chi connectivity index (χ3v) is 4.48. The first-order valence-electron chi connectivity index (χ1n) is 6.50. The molecular weight excluding hydrogens is 306 g/mol. The van der Waals surface area contributed by atoms with Crippen LogP contribution in [-0.2, 0) is 0 Å². The molecule has 1 rings (SSSR count). The summed E-state index contributed by atoms with van der Waals surface area (Å²) < 4.78 is 11.8. The lowest BCUT2D eigenvalue weighted by atomic mass is 9.78. The molecule has 1 unspecified atom stereocenters. The van der Waals surface area contributed by atoms with Gasteiger partial charge < -0.3 is 14.8 Å². The lowest BCUT2D eigenvalue weighted by Gasteiger charge is -2.34. The Morgan fingerprint density at radius 1 is 1.21 bits per heavy atom. The largest absolute Gasteiger partial charge is 0.493 e. The molecule has 1 atom stereocenters. The Hall–Kier alpha value is -0.740. The molecular formula is C15H24BrNO2. The SMILES string of the molecule is CCC(C)(C)C(NC)c1cc(OC)c(OC)cc1Br. The first-order valence-corrected chi connectivity index (χ1v) is 7.29. The van der Waals surface area contributed by atoms with Gasteiger partial charge in [-0.15, -0.1) is 0 Å². The molecule has 0 heterocycles. The predicted octanol–water partition coefficient (Wildman–Crippen LogP) is 4.16. The standard InChI is InChI=1S/C15H24BrNO2/c1-7-15(2,3)14(17-4)10-8-12(18-5)13(19-6)9-11(10)16/h8-9,14,17H,7H2,1-6H3. The van der Waals surface area contributed by atoms with Crippen molar-refractivity contribution in [1.29, 1.82) is 0 Å². The van der Waals surface area contributed by atoms with Gasteiger partial charge in [0.1, 0.15) is 0 Å². The van der Waals surface area contributed by atoms with Crippen LogP contribution in [0, 0.1) is 5.41 Å². The molecule has 0 amide bonds. The molecule has 0 saturated heterocycles. The second-order valence-electron chi connectivity index (χ2n) is 5.29. The van der Waals surface area contributed by atoms with Crippen molar-refractivity contribution in [3.63, 3.8) is 0 Å². The van der Waals surface area contributed by atoms with Crippen LogP contribution in [0.2, 0.25) is 0 Å². The van der Waals surface area contributed by atoms with Crippen molar-refractivity contribution in [2.24, 2.45) is 5.41 Å². The topological polar surface area (TPSA) is 30.5 Å². The van der Waals surface area contributed by atoms with Crippen molar-refractivity contribution in [3.05, 3.63) is 22.2 Å². The normalized spacial score (nSPS) is 13.2. The van der Waals surface area contributed by atoms with Crippen LogP contribution in [0.4, 0.5) is 0 Å². The Morgan fingerprint density at radius 2 is 1.74 bits per heavy atom. The Balaban J connectivity index is 3.32.